The number of hydrogen-bond donors (Lipinski definition) is 1. The van der Waals surface area contributed by atoms with Crippen molar-refractivity contribution >= 4 is 0 Å². The summed E-state index contributed by atoms with van der Waals surface area (Å²) in [5, 5.41) is 4.68. The Morgan fingerprint density at radius 1 is 1.12 bits per heavy atom. The Morgan fingerprint density at radius 3 is 2.79 bits per heavy atom. The van der Waals surface area contributed by atoms with Crippen molar-refractivity contribution in [1.82, 2.24) is 19.7 Å². The Bertz CT molecular complexity index is 967. The van der Waals surface area contributed by atoms with E-state index in [0.717, 1.165) is 35.7 Å². The van der Waals surface area contributed by atoms with Crippen LogP contribution in [0.3, 0.4) is 0 Å². The van der Waals surface area contributed by atoms with Gasteiger partial charge in [0.25, 0.3) is 0 Å². The van der Waals surface area contributed by atoms with Crippen molar-refractivity contribution in [3.8, 4) is 28.6 Å². The molecule has 2 aromatic heterocycles. The number of nitrogens with one attached hydrogen (secondary N) is 1. The van der Waals surface area contributed by atoms with Gasteiger partial charge in [0.15, 0.2) is 23.1 Å². The van der Waals surface area contributed by atoms with E-state index in [1.807, 2.05) is 18.2 Å². The molecule has 0 bridgehead atoms. The predicted octanol–water partition coefficient (Wildman–Crippen LogP) is 2.23. The smallest absolute Gasteiger partial charge is 0.247 e. The van der Waals surface area contributed by atoms with E-state index in [1.54, 1.807) is 16.9 Å². The van der Waals surface area contributed by atoms with Crippen molar-refractivity contribution in [2.45, 2.75) is 18.8 Å². The molecule has 7 heteroatoms. The summed E-state index contributed by atoms with van der Waals surface area (Å²) in [6, 6.07) is 8.93. The lowest BCUT2D eigenvalue weighted by Crippen LogP contribution is -2.04. The zero-order chi connectivity index (χ0) is 16.1. The molecule has 24 heavy (non-hydrogen) atoms. The van der Waals surface area contributed by atoms with Crippen LogP contribution < -0.4 is 15.0 Å². The summed E-state index contributed by atoms with van der Waals surface area (Å²) in [7, 11) is 0. The van der Waals surface area contributed by atoms with E-state index in [0.29, 0.717) is 17.5 Å². The molecule has 0 amide bonds. The number of fused-ring (bicyclic) bond motifs is 1. The van der Waals surface area contributed by atoms with Gasteiger partial charge < -0.3 is 14.5 Å². The molecule has 1 aliphatic carbocycles. The molecular formula is C17H14N4O3. The van der Waals surface area contributed by atoms with E-state index >= 15 is 0 Å². The molecule has 1 aromatic carbocycles. The van der Waals surface area contributed by atoms with Crippen LogP contribution in [-0.2, 0) is 0 Å². The number of aromatic amines is 1. The number of pyridine rings is 1. The van der Waals surface area contributed by atoms with E-state index in [-0.39, 0.29) is 12.4 Å². The molecule has 2 aliphatic rings. The minimum atomic E-state index is -0.143. The molecule has 3 aromatic rings. The highest BCUT2D eigenvalue weighted by atomic mass is 16.7. The minimum absolute atomic E-state index is 0.143. The van der Waals surface area contributed by atoms with Gasteiger partial charge in [0, 0.05) is 29.8 Å². The quantitative estimate of drug-likeness (QED) is 0.799. The Morgan fingerprint density at radius 2 is 2.00 bits per heavy atom. The fourth-order valence-electron chi connectivity index (χ4n) is 2.78. The number of ether oxygens (including phenoxy) is 2. The van der Waals surface area contributed by atoms with Crippen molar-refractivity contribution in [3.05, 3.63) is 52.7 Å². The lowest BCUT2D eigenvalue weighted by Gasteiger charge is -2.06. The third-order valence-corrected chi connectivity index (χ3v) is 4.21. The molecule has 7 nitrogen and oxygen atoms in total. The third kappa shape index (κ3) is 2.17. The summed E-state index contributed by atoms with van der Waals surface area (Å²) in [5.74, 6) is 3.40. The maximum atomic E-state index is 11.3. The van der Waals surface area contributed by atoms with Crippen molar-refractivity contribution < 1.29 is 9.47 Å². The van der Waals surface area contributed by atoms with Crippen LogP contribution in [0.2, 0.25) is 0 Å². The predicted molar refractivity (Wildman–Crippen MR) is 85.5 cm³/mol. The van der Waals surface area contributed by atoms with Gasteiger partial charge in [-0.25, -0.2) is 9.67 Å². The molecule has 3 heterocycles. The maximum Gasteiger partial charge on any atom is 0.247 e. The number of H-pyrrole nitrogens is 1. The highest BCUT2D eigenvalue weighted by Crippen LogP contribution is 2.40. The van der Waals surface area contributed by atoms with Gasteiger partial charge in [-0.05, 0) is 31.0 Å². The Labute approximate surface area is 136 Å². The van der Waals surface area contributed by atoms with Gasteiger partial charge in [0.2, 0.25) is 12.4 Å². The van der Waals surface area contributed by atoms with Gasteiger partial charge in [-0.1, -0.05) is 0 Å². The van der Waals surface area contributed by atoms with Crippen LogP contribution in [0.25, 0.3) is 17.1 Å². The first kappa shape index (κ1) is 13.4. The second-order valence-electron chi connectivity index (χ2n) is 5.96. The van der Waals surface area contributed by atoms with Crippen molar-refractivity contribution in [2.24, 2.45) is 0 Å². The number of hydrogen-bond acceptors (Lipinski definition) is 5. The van der Waals surface area contributed by atoms with Crippen LogP contribution in [0.1, 0.15) is 24.6 Å². The van der Waals surface area contributed by atoms with Gasteiger partial charge in [0.1, 0.15) is 0 Å². The van der Waals surface area contributed by atoms with E-state index < -0.39 is 0 Å². The van der Waals surface area contributed by atoms with Crippen molar-refractivity contribution in [2.75, 3.05) is 6.79 Å². The van der Waals surface area contributed by atoms with Crippen LogP contribution in [-0.4, -0.2) is 26.5 Å². The molecule has 1 N–H and O–H groups in total. The van der Waals surface area contributed by atoms with Gasteiger partial charge in [-0.15, -0.1) is 0 Å². The molecular weight excluding hydrogens is 308 g/mol. The molecule has 0 spiro atoms. The van der Waals surface area contributed by atoms with E-state index in [2.05, 4.69) is 10.1 Å². The number of nitrogens with zero attached hydrogens (tertiary/aromatic N) is 3. The second kappa shape index (κ2) is 4.95. The van der Waals surface area contributed by atoms with Gasteiger partial charge in [0.05, 0.1) is 5.69 Å². The number of rotatable bonds is 3. The fourth-order valence-corrected chi connectivity index (χ4v) is 2.78. The molecule has 1 saturated carbocycles. The molecule has 120 valence electrons. The van der Waals surface area contributed by atoms with Gasteiger partial charge >= 0.3 is 0 Å². The van der Waals surface area contributed by atoms with Crippen LogP contribution in [0, 0.1) is 0 Å². The molecule has 0 atom stereocenters. The van der Waals surface area contributed by atoms with Crippen molar-refractivity contribution in [3.63, 3.8) is 0 Å². The zero-order valence-corrected chi connectivity index (χ0v) is 12.7. The molecule has 0 unspecified atom stereocenters. The summed E-state index contributed by atoms with van der Waals surface area (Å²) in [5.41, 5.74) is 1.52. The fraction of sp³-hybridized carbons (Fsp3) is 0.235. The third-order valence-electron chi connectivity index (χ3n) is 4.21. The lowest BCUT2D eigenvalue weighted by atomic mass is 10.2. The average Bonchev–Trinajstić information content (AvgIpc) is 3.19. The largest absolute Gasteiger partial charge is 0.454 e. The van der Waals surface area contributed by atoms with Crippen LogP contribution in [0.5, 0.6) is 11.5 Å². The molecule has 1 fully saturated rings. The minimum Gasteiger partial charge on any atom is -0.454 e. The van der Waals surface area contributed by atoms with E-state index in [9.17, 15) is 4.79 Å². The summed E-state index contributed by atoms with van der Waals surface area (Å²) in [6.45, 7) is 0.232. The van der Waals surface area contributed by atoms with E-state index in [4.69, 9.17) is 14.5 Å². The highest BCUT2D eigenvalue weighted by molar-refractivity contribution is 5.59. The van der Waals surface area contributed by atoms with Crippen LogP contribution in [0.15, 0.2) is 41.3 Å². The molecule has 5 rings (SSSR count). The standard InChI is InChI=1S/C17H14N4O3/c22-15-6-3-11(8-18-15)17-19-16(10-1-2-10)20-21(17)12-4-5-13-14(7-12)24-9-23-13/h3-8,10H,1-2,9H2,(H,18,22). The normalized spacial score (nSPS) is 15.7. The summed E-state index contributed by atoms with van der Waals surface area (Å²) < 4.78 is 12.6. The van der Waals surface area contributed by atoms with Crippen LogP contribution in [0.4, 0.5) is 0 Å². The number of aromatic nitrogens is 4. The Balaban J connectivity index is 1.66. The summed E-state index contributed by atoms with van der Waals surface area (Å²) in [4.78, 5) is 18.7. The Hall–Kier alpha value is -3.09. The first-order chi connectivity index (χ1) is 11.8. The van der Waals surface area contributed by atoms with Gasteiger partial charge in [-0.2, -0.15) is 5.10 Å². The first-order valence-corrected chi connectivity index (χ1v) is 7.84. The molecule has 1 aliphatic heterocycles. The lowest BCUT2D eigenvalue weighted by molar-refractivity contribution is 0.174. The van der Waals surface area contributed by atoms with Gasteiger partial charge in [-0.3, -0.25) is 4.79 Å². The highest BCUT2D eigenvalue weighted by Gasteiger charge is 2.30. The Kier molecular flexibility index (Phi) is 2.76. The van der Waals surface area contributed by atoms with Crippen LogP contribution >= 0.6 is 0 Å². The average molecular weight is 322 g/mol. The topological polar surface area (TPSA) is 82.0 Å². The molecule has 0 radical (unpaired) electrons. The monoisotopic (exact) mass is 322 g/mol. The second-order valence-corrected chi connectivity index (χ2v) is 5.96. The summed E-state index contributed by atoms with van der Waals surface area (Å²) >= 11 is 0. The molecule has 0 saturated heterocycles. The first-order valence-electron chi connectivity index (χ1n) is 7.84. The van der Waals surface area contributed by atoms with E-state index in [1.165, 1.54) is 6.07 Å². The zero-order valence-electron chi connectivity index (χ0n) is 12.7. The summed E-state index contributed by atoms with van der Waals surface area (Å²) in [6.07, 6.45) is 3.90. The number of benzene rings is 1. The van der Waals surface area contributed by atoms with Crippen molar-refractivity contribution in [1.29, 1.82) is 0 Å². The maximum absolute atomic E-state index is 11.3. The SMILES string of the molecule is O=c1ccc(-c2nc(C3CC3)nn2-c2ccc3c(c2)OCO3)c[nH]1.